The van der Waals surface area contributed by atoms with E-state index in [1.54, 1.807) is 10.8 Å². The minimum Gasteiger partial charge on any atom is -0.490 e. The lowest BCUT2D eigenvalue weighted by molar-refractivity contribution is 0.144. The van der Waals surface area contributed by atoms with Gasteiger partial charge in [-0.25, -0.2) is 17.9 Å². The lowest BCUT2D eigenvalue weighted by Gasteiger charge is -2.11. The van der Waals surface area contributed by atoms with Crippen LogP contribution in [-0.4, -0.2) is 34.8 Å². The zero-order chi connectivity index (χ0) is 13.6. The van der Waals surface area contributed by atoms with Gasteiger partial charge in [-0.05, 0) is 12.1 Å². The monoisotopic (exact) mass is 274 g/mol. The normalized spacial score (nSPS) is 10.9. The van der Waals surface area contributed by atoms with Gasteiger partial charge in [0.2, 0.25) is 0 Å². The molecule has 0 aliphatic heterocycles. The predicted molar refractivity (Wildman–Crippen MR) is 63.7 cm³/mol. The molecule has 0 bridgehead atoms. The van der Waals surface area contributed by atoms with Crippen LogP contribution in [-0.2, 0) is 14.8 Å². The van der Waals surface area contributed by atoms with Crippen LogP contribution in [0.5, 0.6) is 5.75 Å². The Bertz CT molecular complexity index is 515. The van der Waals surface area contributed by atoms with Gasteiger partial charge in [-0.1, -0.05) is 12.1 Å². The summed E-state index contributed by atoms with van der Waals surface area (Å²) in [6.07, 6.45) is 0. The number of hydrogen-bond acceptors (Lipinski definition) is 5. The van der Waals surface area contributed by atoms with Crippen LogP contribution in [0.15, 0.2) is 29.2 Å². The van der Waals surface area contributed by atoms with Gasteiger partial charge in [-0.3, -0.25) is 0 Å². The summed E-state index contributed by atoms with van der Waals surface area (Å²) >= 11 is 0. The second-order valence-corrected chi connectivity index (χ2v) is 4.91. The lowest BCUT2D eigenvalue weighted by atomic mass is 10.3. The van der Waals surface area contributed by atoms with Crippen LogP contribution in [0.2, 0.25) is 0 Å². The maximum atomic E-state index is 11.8. The number of sulfonamides is 1. The highest BCUT2D eigenvalue weighted by molar-refractivity contribution is 7.90. The van der Waals surface area contributed by atoms with Gasteiger partial charge < -0.3 is 15.2 Å². The van der Waals surface area contributed by atoms with Crippen LogP contribution in [0.1, 0.15) is 0 Å². The molecule has 0 aliphatic rings. The Kier molecular flexibility index (Phi) is 4.93. The molecule has 0 aromatic heterocycles. The van der Waals surface area contributed by atoms with Crippen molar-refractivity contribution in [2.24, 2.45) is 5.73 Å². The van der Waals surface area contributed by atoms with Gasteiger partial charge in [0.25, 0.3) is 10.0 Å². The summed E-state index contributed by atoms with van der Waals surface area (Å²) in [5.74, 6) is 0.128. The summed E-state index contributed by atoms with van der Waals surface area (Å²) in [5, 5.41) is 0. The van der Waals surface area contributed by atoms with Crippen molar-refractivity contribution in [3.05, 3.63) is 24.3 Å². The molecular weight excluding hydrogens is 260 g/mol. The molecule has 8 heteroatoms. The van der Waals surface area contributed by atoms with E-state index in [4.69, 9.17) is 15.2 Å². The van der Waals surface area contributed by atoms with Gasteiger partial charge in [0.05, 0.1) is 6.61 Å². The molecular formula is C10H14N2O5S. The van der Waals surface area contributed by atoms with E-state index in [1.165, 1.54) is 25.3 Å². The molecule has 0 spiro atoms. The van der Waals surface area contributed by atoms with Crippen molar-refractivity contribution in [1.82, 2.24) is 4.72 Å². The molecule has 0 saturated heterocycles. The zero-order valence-electron chi connectivity index (χ0n) is 9.75. The number of ether oxygens (including phenoxy) is 2. The van der Waals surface area contributed by atoms with Crippen LogP contribution in [0.25, 0.3) is 0 Å². The van der Waals surface area contributed by atoms with E-state index in [2.05, 4.69) is 0 Å². The highest BCUT2D eigenvalue weighted by atomic mass is 32.2. The first-order valence-electron chi connectivity index (χ1n) is 5.00. The Morgan fingerprint density at radius 1 is 1.33 bits per heavy atom. The Labute approximate surface area is 105 Å². The number of rotatable bonds is 6. The average molecular weight is 274 g/mol. The summed E-state index contributed by atoms with van der Waals surface area (Å²) in [6.45, 7) is 0.511. The summed E-state index contributed by atoms with van der Waals surface area (Å²) in [4.78, 5) is 10.5. The summed E-state index contributed by atoms with van der Waals surface area (Å²) in [7, 11) is -2.52. The highest BCUT2D eigenvalue weighted by Crippen LogP contribution is 2.22. The number of amides is 2. The van der Waals surface area contributed by atoms with Crippen molar-refractivity contribution in [3.63, 3.8) is 0 Å². The molecule has 3 N–H and O–H groups in total. The van der Waals surface area contributed by atoms with Crippen LogP contribution < -0.4 is 15.2 Å². The molecule has 2 amide bonds. The van der Waals surface area contributed by atoms with Gasteiger partial charge >= 0.3 is 6.03 Å². The number of nitrogens with one attached hydrogen (secondary N) is 1. The molecule has 1 aromatic rings. The van der Waals surface area contributed by atoms with Crippen LogP contribution >= 0.6 is 0 Å². The van der Waals surface area contributed by atoms with Gasteiger partial charge in [0, 0.05) is 7.11 Å². The van der Waals surface area contributed by atoms with Crippen LogP contribution in [0, 0.1) is 0 Å². The molecule has 0 radical (unpaired) electrons. The summed E-state index contributed by atoms with van der Waals surface area (Å²) in [5.41, 5.74) is 4.80. The fourth-order valence-corrected chi connectivity index (χ4v) is 2.24. The van der Waals surface area contributed by atoms with Crippen molar-refractivity contribution in [3.8, 4) is 5.75 Å². The van der Waals surface area contributed by atoms with E-state index in [0.29, 0.717) is 6.61 Å². The van der Waals surface area contributed by atoms with Crippen molar-refractivity contribution < 1.29 is 22.7 Å². The van der Waals surface area contributed by atoms with Gasteiger partial charge in [0.1, 0.15) is 17.3 Å². The average Bonchev–Trinajstić information content (AvgIpc) is 2.28. The fourth-order valence-electron chi connectivity index (χ4n) is 1.21. The molecule has 0 heterocycles. The molecule has 1 aromatic carbocycles. The molecule has 0 unspecified atom stereocenters. The number of hydrogen-bond donors (Lipinski definition) is 2. The van der Waals surface area contributed by atoms with E-state index in [0.717, 1.165) is 0 Å². The second-order valence-electron chi connectivity index (χ2n) is 3.26. The van der Waals surface area contributed by atoms with Crippen molar-refractivity contribution in [1.29, 1.82) is 0 Å². The maximum absolute atomic E-state index is 11.8. The summed E-state index contributed by atoms with van der Waals surface area (Å²) in [6, 6.07) is 4.77. The quantitative estimate of drug-likeness (QED) is 0.714. The number of methoxy groups -OCH3 is 1. The maximum Gasteiger partial charge on any atom is 0.326 e. The van der Waals surface area contributed by atoms with Gasteiger partial charge in [0.15, 0.2) is 0 Å². The molecule has 0 aliphatic carbocycles. The largest absolute Gasteiger partial charge is 0.490 e. The third-order valence-electron chi connectivity index (χ3n) is 1.92. The van der Waals surface area contributed by atoms with Gasteiger partial charge in [-0.2, -0.15) is 0 Å². The Morgan fingerprint density at radius 2 is 2.00 bits per heavy atom. The zero-order valence-corrected chi connectivity index (χ0v) is 10.6. The number of para-hydroxylation sites is 1. The molecule has 100 valence electrons. The first-order chi connectivity index (χ1) is 8.47. The first kappa shape index (κ1) is 14.3. The van der Waals surface area contributed by atoms with Crippen molar-refractivity contribution >= 4 is 16.1 Å². The Morgan fingerprint density at radius 3 is 2.61 bits per heavy atom. The number of carbonyl (C=O) groups is 1. The first-order valence-corrected chi connectivity index (χ1v) is 6.48. The lowest BCUT2D eigenvalue weighted by Crippen LogP contribution is -2.35. The molecule has 7 nitrogen and oxygen atoms in total. The van der Waals surface area contributed by atoms with E-state index < -0.39 is 16.1 Å². The Balaban J connectivity index is 2.97. The molecule has 0 fully saturated rings. The number of urea groups is 1. The SMILES string of the molecule is COCCOc1ccccc1S(=O)(=O)NC(N)=O. The van der Waals surface area contributed by atoms with Crippen molar-refractivity contribution in [2.75, 3.05) is 20.3 Å². The number of benzene rings is 1. The third kappa shape index (κ3) is 3.90. The third-order valence-corrected chi connectivity index (χ3v) is 3.30. The number of carbonyl (C=O) groups excluding carboxylic acids is 1. The van der Waals surface area contributed by atoms with Crippen LogP contribution in [0.3, 0.4) is 0 Å². The minimum absolute atomic E-state index is 0.128. The molecule has 1 rings (SSSR count). The standard InChI is InChI=1S/C10H14N2O5S/c1-16-6-7-17-8-4-2-3-5-9(8)18(14,15)12-10(11)13/h2-5H,6-7H2,1H3,(H3,11,12,13). The van der Waals surface area contributed by atoms with Crippen molar-refractivity contribution in [2.45, 2.75) is 4.90 Å². The Hall–Kier alpha value is -1.80. The highest BCUT2D eigenvalue weighted by Gasteiger charge is 2.20. The van der Waals surface area contributed by atoms with Crippen LogP contribution in [0.4, 0.5) is 4.79 Å². The van der Waals surface area contributed by atoms with E-state index in [-0.39, 0.29) is 17.3 Å². The molecule has 18 heavy (non-hydrogen) atoms. The van der Waals surface area contributed by atoms with Gasteiger partial charge in [-0.15, -0.1) is 0 Å². The summed E-state index contributed by atoms with van der Waals surface area (Å²) < 4.78 is 35.3. The smallest absolute Gasteiger partial charge is 0.326 e. The number of nitrogens with two attached hydrogens (primary N) is 1. The topological polar surface area (TPSA) is 108 Å². The molecule has 0 atom stereocenters. The van der Waals surface area contributed by atoms with E-state index in [9.17, 15) is 13.2 Å². The van der Waals surface area contributed by atoms with E-state index >= 15 is 0 Å². The second kappa shape index (κ2) is 6.22. The molecule has 0 saturated carbocycles. The minimum atomic E-state index is -4.02. The fraction of sp³-hybridized carbons (Fsp3) is 0.300. The predicted octanol–water partition coefficient (Wildman–Crippen LogP) is 0.0688. The number of primary amides is 1. The van der Waals surface area contributed by atoms with E-state index in [1.807, 2.05) is 0 Å².